The fourth-order valence-electron chi connectivity index (χ4n) is 2.29. The maximum Gasteiger partial charge on any atom is 0.0660 e. The second-order valence-corrected chi connectivity index (χ2v) is 5.56. The van der Waals surface area contributed by atoms with E-state index < -0.39 is 0 Å². The van der Waals surface area contributed by atoms with Gasteiger partial charge in [-0.05, 0) is 57.1 Å². The van der Waals surface area contributed by atoms with Crippen molar-refractivity contribution in [1.82, 2.24) is 15.1 Å². The summed E-state index contributed by atoms with van der Waals surface area (Å²) in [4.78, 5) is 0. The molecule has 1 N–H and O–H groups in total. The Balaban J connectivity index is 2.30. The van der Waals surface area contributed by atoms with Gasteiger partial charge in [-0.3, -0.25) is 0 Å². The predicted molar refractivity (Wildman–Crippen MR) is 83.0 cm³/mol. The molecule has 19 heavy (non-hydrogen) atoms. The van der Waals surface area contributed by atoms with Crippen molar-refractivity contribution in [3.8, 4) is 5.69 Å². The average Bonchev–Trinajstić information content (AvgIpc) is 2.67. The molecular formula is C15H20BrN3. The lowest BCUT2D eigenvalue weighted by molar-refractivity contribution is 0.713. The monoisotopic (exact) mass is 321 g/mol. The van der Waals surface area contributed by atoms with Crippen molar-refractivity contribution in [2.45, 2.75) is 27.2 Å². The molecule has 2 rings (SSSR count). The van der Waals surface area contributed by atoms with Crippen molar-refractivity contribution in [1.29, 1.82) is 0 Å². The summed E-state index contributed by atoms with van der Waals surface area (Å²) < 4.78 is 3.10. The Morgan fingerprint density at radius 1 is 1.32 bits per heavy atom. The van der Waals surface area contributed by atoms with E-state index in [1.54, 1.807) is 0 Å². The Morgan fingerprint density at radius 3 is 2.79 bits per heavy atom. The zero-order chi connectivity index (χ0) is 13.8. The lowest BCUT2D eigenvalue weighted by Gasteiger charge is -2.06. The van der Waals surface area contributed by atoms with Crippen LogP contribution in [0.5, 0.6) is 0 Å². The zero-order valence-corrected chi connectivity index (χ0v) is 13.3. The third kappa shape index (κ3) is 3.25. The molecular weight excluding hydrogens is 302 g/mol. The second-order valence-electron chi connectivity index (χ2n) is 4.64. The number of likely N-dealkylation sites (N-methyl/N-ethyl adjacent to an activating group) is 1. The van der Waals surface area contributed by atoms with Gasteiger partial charge < -0.3 is 5.32 Å². The Hall–Kier alpha value is -1.13. The smallest absolute Gasteiger partial charge is 0.0660 e. The molecule has 0 atom stereocenters. The number of hydrogen-bond donors (Lipinski definition) is 1. The molecule has 2 aromatic rings. The van der Waals surface area contributed by atoms with Crippen LogP contribution in [0.1, 0.15) is 23.9 Å². The first-order chi connectivity index (χ1) is 9.13. The van der Waals surface area contributed by atoms with E-state index in [1.807, 2.05) is 16.8 Å². The first kappa shape index (κ1) is 14.3. The standard InChI is InChI=1S/C15H20BrN3/c1-4-17-9-8-15-11(2)18-19(12(15)3)14-7-5-6-13(16)10-14/h5-7,10,17H,4,8-9H2,1-3H3. The second kappa shape index (κ2) is 6.35. The van der Waals surface area contributed by atoms with E-state index in [1.165, 1.54) is 11.3 Å². The molecule has 3 nitrogen and oxygen atoms in total. The molecule has 0 aliphatic rings. The van der Waals surface area contributed by atoms with E-state index in [-0.39, 0.29) is 0 Å². The maximum atomic E-state index is 4.67. The SMILES string of the molecule is CCNCCc1c(C)nn(-c2cccc(Br)c2)c1C. The Kier molecular flexibility index (Phi) is 4.77. The van der Waals surface area contributed by atoms with E-state index in [0.29, 0.717) is 0 Å². The summed E-state index contributed by atoms with van der Waals surface area (Å²) in [6.07, 6.45) is 1.03. The molecule has 0 saturated heterocycles. The topological polar surface area (TPSA) is 29.9 Å². The zero-order valence-electron chi connectivity index (χ0n) is 11.7. The predicted octanol–water partition coefficient (Wildman–Crippen LogP) is 3.40. The lowest BCUT2D eigenvalue weighted by Crippen LogP contribution is -2.16. The third-order valence-corrected chi connectivity index (χ3v) is 3.79. The fourth-order valence-corrected chi connectivity index (χ4v) is 2.67. The van der Waals surface area contributed by atoms with E-state index in [9.17, 15) is 0 Å². The highest BCUT2D eigenvalue weighted by Crippen LogP contribution is 2.20. The van der Waals surface area contributed by atoms with Gasteiger partial charge in [0.1, 0.15) is 0 Å². The molecule has 1 heterocycles. The summed E-state index contributed by atoms with van der Waals surface area (Å²) in [5.74, 6) is 0. The molecule has 0 radical (unpaired) electrons. The molecule has 0 aliphatic carbocycles. The van der Waals surface area contributed by atoms with Crippen LogP contribution in [0.2, 0.25) is 0 Å². The first-order valence-electron chi connectivity index (χ1n) is 6.65. The number of hydrogen-bond acceptors (Lipinski definition) is 2. The molecule has 0 aliphatic heterocycles. The molecule has 0 amide bonds. The third-order valence-electron chi connectivity index (χ3n) is 3.30. The quantitative estimate of drug-likeness (QED) is 0.855. The van der Waals surface area contributed by atoms with Crippen LogP contribution in [-0.4, -0.2) is 22.9 Å². The summed E-state index contributed by atoms with van der Waals surface area (Å²) in [6, 6.07) is 8.24. The van der Waals surface area contributed by atoms with Crippen LogP contribution in [0.3, 0.4) is 0 Å². The highest BCUT2D eigenvalue weighted by atomic mass is 79.9. The van der Waals surface area contributed by atoms with Crippen molar-refractivity contribution in [2.75, 3.05) is 13.1 Å². The molecule has 4 heteroatoms. The van der Waals surface area contributed by atoms with Crippen LogP contribution in [0.15, 0.2) is 28.7 Å². The molecule has 0 fully saturated rings. The minimum atomic E-state index is 1.00. The summed E-state index contributed by atoms with van der Waals surface area (Å²) in [6.45, 7) is 8.37. The summed E-state index contributed by atoms with van der Waals surface area (Å²) in [7, 11) is 0. The van der Waals surface area contributed by atoms with Crippen LogP contribution in [0.25, 0.3) is 5.69 Å². The van der Waals surface area contributed by atoms with Crippen LogP contribution in [-0.2, 0) is 6.42 Å². The van der Waals surface area contributed by atoms with Crippen molar-refractivity contribution < 1.29 is 0 Å². The molecule has 0 spiro atoms. The Morgan fingerprint density at radius 2 is 2.11 bits per heavy atom. The molecule has 1 aromatic carbocycles. The number of nitrogens with one attached hydrogen (secondary N) is 1. The minimum absolute atomic E-state index is 1.00. The van der Waals surface area contributed by atoms with Gasteiger partial charge in [0.15, 0.2) is 0 Å². The highest BCUT2D eigenvalue weighted by molar-refractivity contribution is 9.10. The largest absolute Gasteiger partial charge is 0.317 e. The van der Waals surface area contributed by atoms with Crippen molar-refractivity contribution in [2.24, 2.45) is 0 Å². The average molecular weight is 322 g/mol. The lowest BCUT2D eigenvalue weighted by atomic mass is 10.1. The number of aryl methyl sites for hydroxylation is 1. The van der Waals surface area contributed by atoms with Gasteiger partial charge in [-0.15, -0.1) is 0 Å². The maximum absolute atomic E-state index is 4.67. The summed E-state index contributed by atoms with van der Waals surface area (Å²) in [5, 5.41) is 8.03. The molecule has 1 aromatic heterocycles. The van der Waals surface area contributed by atoms with E-state index in [2.05, 4.69) is 59.2 Å². The van der Waals surface area contributed by atoms with Gasteiger partial charge in [0.25, 0.3) is 0 Å². The van der Waals surface area contributed by atoms with Crippen LogP contribution < -0.4 is 5.32 Å². The number of aromatic nitrogens is 2. The van der Waals surface area contributed by atoms with Gasteiger partial charge >= 0.3 is 0 Å². The van der Waals surface area contributed by atoms with Gasteiger partial charge in [-0.25, -0.2) is 4.68 Å². The molecule has 0 bridgehead atoms. The number of benzene rings is 1. The van der Waals surface area contributed by atoms with E-state index in [0.717, 1.165) is 35.4 Å². The number of nitrogens with zero attached hydrogens (tertiary/aromatic N) is 2. The van der Waals surface area contributed by atoms with E-state index in [4.69, 9.17) is 0 Å². The van der Waals surface area contributed by atoms with Crippen molar-refractivity contribution >= 4 is 15.9 Å². The number of rotatable bonds is 5. The summed E-state index contributed by atoms with van der Waals surface area (Å²) >= 11 is 3.51. The highest BCUT2D eigenvalue weighted by Gasteiger charge is 2.12. The Bertz CT molecular complexity index is 561. The van der Waals surface area contributed by atoms with Gasteiger partial charge in [-0.1, -0.05) is 28.9 Å². The Labute approximate surface area is 123 Å². The van der Waals surface area contributed by atoms with E-state index >= 15 is 0 Å². The minimum Gasteiger partial charge on any atom is -0.317 e. The van der Waals surface area contributed by atoms with Gasteiger partial charge in [0, 0.05) is 10.2 Å². The molecule has 0 unspecified atom stereocenters. The van der Waals surface area contributed by atoms with Crippen LogP contribution in [0, 0.1) is 13.8 Å². The van der Waals surface area contributed by atoms with Gasteiger partial charge in [0.2, 0.25) is 0 Å². The van der Waals surface area contributed by atoms with Crippen LogP contribution in [0.4, 0.5) is 0 Å². The van der Waals surface area contributed by atoms with Gasteiger partial charge in [-0.2, -0.15) is 5.10 Å². The molecule has 102 valence electrons. The number of halogens is 1. The molecule has 0 saturated carbocycles. The fraction of sp³-hybridized carbons (Fsp3) is 0.400. The van der Waals surface area contributed by atoms with Gasteiger partial charge in [0.05, 0.1) is 11.4 Å². The van der Waals surface area contributed by atoms with Crippen LogP contribution >= 0.6 is 15.9 Å². The summed E-state index contributed by atoms with van der Waals surface area (Å²) in [5.41, 5.74) is 4.80. The first-order valence-corrected chi connectivity index (χ1v) is 7.44. The van der Waals surface area contributed by atoms with Crippen molar-refractivity contribution in [3.63, 3.8) is 0 Å². The normalized spacial score (nSPS) is 10.9. The van der Waals surface area contributed by atoms with Crippen molar-refractivity contribution in [3.05, 3.63) is 45.7 Å².